The zero-order valence-corrected chi connectivity index (χ0v) is 15.1. The van der Waals surface area contributed by atoms with Crippen LogP contribution in [0.15, 0.2) is 58.4 Å². The molecule has 1 saturated heterocycles. The summed E-state index contributed by atoms with van der Waals surface area (Å²) in [5, 5.41) is 10.6. The minimum Gasteiger partial charge on any atom is -0.503 e. The highest BCUT2D eigenvalue weighted by atomic mass is 16.5. The van der Waals surface area contributed by atoms with Crippen molar-refractivity contribution in [2.24, 2.45) is 0 Å². The summed E-state index contributed by atoms with van der Waals surface area (Å²) in [6.07, 6.45) is 3.10. The number of ether oxygens (including phenoxy) is 1. The molecule has 2 atom stereocenters. The van der Waals surface area contributed by atoms with E-state index in [2.05, 4.69) is 0 Å². The van der Waals surface area contributed by atoms with Crippen LogP contribution in [-0.4, -0.2) is 41.0 Å². The molecule has 0 aliphatic carbocycles. The Morgan fingerprint density at radius 1 is 1.30 bits per heavy atom. The van der Waals surface area contributed by atoms with Crippen LogP contribution in [-0.2, 0) is 9.53 Å². The van der Waals surface area contributed by atoms with Gasteiger partial charge in [0.25, 0.3) is 5.91 Å². The lowest BCUT2D eigenvalue weighted by Gasteiger charge is -2.29. The first-order valence-corrected chi connectivity index (χ1v) is 9.06. The fourth-order valence-electron chi connectivity index (χ4n) is 3.81. The number of furan rings is 1. The molecule has 0 radical (unpaired) electrons. The number of aryl methyl sites for hydroxylation is 1. The summed E-state index contributed by atoms with van der Waals surface area (Å²) in [5.41, 5.74) is 1.84. The Morgan fingerprint density at radius 2 is 2.15 bits per heavy atom. The van der Waals surface area contributed by atoms with Crippen molar-refractivity contribution in [3.05, 3.63) is 70.9 Å². The van der Waals surface area contributed by atoms with Crippen LogP contribution in [0.4, 0.5) is 0 Å². The number of carbonyl (C=O) groups excluding carboxylic acids is 2. The van der Waals surface area contributed by atoms with Crippen LogP contribution in [0, 0.1) is 6.92 Å². The van der Waals surface area contributed by atoms with Gasteiger partial charge in [0.05, 0.1) is 24.0 Å². The summed E-state index contributed by atoms with van der Waals surface area (Å²) in [6, 6.07) is 10.1. The van der Waals surface area contributed by atoms with Gasteiger partial charge in [0.1, 0.15) is 0 Å². The minimum atomic E-state index is -0.667. The second-order valence-corrected chi connectivity index (χ2v) is 6.98. The molecule has 2 aliphatic heterocycles. The highest BCUT2D eigenvalue weighted by Crippen LogP contribution is 2.39. The second kappa shape index (κ2) is 7.04. The van der Waals surface area contributed by atoms with Crippen LogP contribution < -0.4 is 0 Å². The van der Waals surface area contributed by atoms with Gasteiger partial charge in [0.2, 0.25) is 5.78 Å². The summed E-state index contributed by atoms with van der Waals surface area (Å²) in [4.78, 5) is 27.4. The number of rotatable bonds is 5. The Bertz CT molecular complexity index is 893. The average Bonchev–Trinajstić information content (AvgIpc) is 3.40. The zero-order valence-electron chi connectivity index (χ0n) is 15.1. The summed E-state index contributed by atoms with van der Waals surface area (Å²) >= 11 is 0. The Kier molecular flexibility index (Phi) is 4.58. The fourth-order valence-corrected chi connectivity index (χ4v) is 3.81. The van der Waals surface area contributed by atoms with Gasteiger partial charge in [0.15, 0.2) is 11.5 Å². The van der Waals surface area contributed by atoms with Gasteiger partial charge in [-0.05, 0) is 37.5 Å². The number of benzene rings is 1. The maximum atomic E-state index is 13.0. The Hall–Kier alpha value is -2.86. The van der Waals surface area contributed by atoms with Crippen molar-refractivity contribution in [3.8, 4) is 0 Å². The molecule has 1 aromatic heterocycles. The SMILES string of the molecule is Cc1cccc(C2C(C(=O)c3ccco3)=C(O)C(=O)N2CC2CCCO2)c1. The number of amides is 1. The molecule has 0 bridgehead atoms. The zero-order chi connectivity index (χ0) is 19.0. The minimum absolute atomic E-state index is 0.0542. The third-order valence-corrected chi connectivity index (χ3v) is 5.08. The van der Waals surface area contributed by atoms with Crippen molar-refractivity contribution in [3.63, 3.8) is 0 Å². The Balaban J connectivity index is 1.76. The Labute approximate surface area is 157 Å². The van der Waals surface area contributed by atoms with Gasteiger partial charge < -0.3 is 19.2 Å². The summed E-state index contributed by atoms with van der Waals surface area (Å²) in [7, 11) is 0. The Morgan fingerprint density at radius 3 is 2.81 bits per heavy atom. The van der Waals surface area contributed by atoms with Crippen LogP contribution in [0.5, 0.6) is 0 Å². The maximum absolute atomic E-state index is 13.0. The van der Waals surface area contributed by atoms with Gasteiger partial charge in [-0.3, -0.25) is 9.59 Å². The third-order valence-electron chi connectivity index (χ3n) is 5.08. The second-order valence-electron chi connectivity index (χ2n) is 6.98. The molecule has 1 aromatic carbocycles. The number of hydrogen-bond donors (Lipinski definition) is 1. The molecule has 3 heterocycles. The molecule has 0 spiro atoms. The van der Waals surface area contributed by atoms with Crippen LogP contribution in [0.2, 0.25) is 0 Å². The molecular weight excluding hydrogens is 346 g/mol. The van der Waals surface area contributed by atoms with E-state index in [0.29, 0.717) is 13.2 Å². The molecule has 4 rings (SSSR count). The van der Waals surface area contributed by atoms with Crippen LogP contribution >= 0.6 is 0 Å². The van der Waals surface area contributed by atoms with E-state index < -0.39 is 23.5 Å². The predicted molar refractivity (Wildman–Crippen MR) is 97.3 cm³/mol. The first kappa shape index (κ1) is 17.5. The van der Waals surface area contributed by atoms with E-state index in [1.54, 1.807) is 6.07 Å². The average molecular weight is 367 g/mol. The summed E-state index contributed by atoms with van der Waals surface area (Å²) in [5.74, 6) is -1.44. The first-order valence-electron chi connectivity index (χ1n) is 9.06. The van der Waals surface area contributed by atoms with Gasteiger partial charge in [0, 0.05) is 13.2 Å². The van der Waals surface area contributed by atoms with Gasteiger partial charge in [-0.15, -0.1) is 0 Å². The van der Waals surface area contributed by atoms with E-state index in [0.717, 1.165) is 24.0 Å². The standard InChI is InChI=1S/C21H21NO5/c1-13-5-2-6-14(11-13)18-17(19(23)16-8-4-10-27-16)20(24)21(25)22(18)12-15-7-3-9-26-15/h2,4-6,8,10-11,15,18,24H,3,7,9,12H2,1H3. The van der Waals surface area contributed by atoms with E-state index in [9.17, 15) is 14.7 Å². The van der Waals surface area contributed by atoms with E-state index >= 15 is 0 Å². The van der Waals surface area contributed by atoms with Gasteiger partial charge >= 0.3 is 0 Å². The lowest BCUT2D eigenvalue weighted by molar-refractivity contribution is -0.131. The summed E-state index contributed by atoms with van der Waals surface area (Å²) in [6.45, 7) is 2.94. The van der Waals surface area contributed by atoms with Crippen LogP contribution in [0.3, 0.4) is 0 Å². The monoisotopic (exact) mass is 367 g/mol. The molecule has 2 aromatic rings. The quantitative estimate of drug-likeness (QED) is 0.820. The number of carbonyl (C=O) groups is 2. The highest BCUT2D eigenvalue weighted by Gasteiger charge is 2.45. The molecule has 6 nitrogen and oxygen atoms in total. The van der Waals surface area contributed by atoms with Crippen molar-refractivity contribution < 1.29 is 23.8 Å². The number of nitrogens with zero attached hydrogens (tertiary/aromatic N) is 1. The number of Topliss-reactive ketones (excluding diaryl/α,β-unsaturated/α-hetero) is 1. The van der Waals surface area contributed by atoms with Crippen molar-refractivity contribution >= 4 is 11.7 Å². The number of aliphatic hydroxyl groups excluding tert-OH is 1. The lowest BCUT2D eigenvalue weighted by atomic mass is 9.94. The molecule has 27 heavy (non-hydrogen) atoms. The number of aliphatic hydroxyl groups is 1. The molecule has 2 unspecified atom stereocenters. The molecule has 1 fully saturated rings. The molecule has 0 saturated carbocycles. The third kappa shape index (κ3) is 3.17. The van der Waals surface area contributed by atoms with Crippen molar-refractivity contribution in [2.75, 3.05) is 13.2 Å². The number of hydrogen-bond acceptors (Lipinski definition) is 5. The van der Waals surface area contributed by atoms with E-state index in [-0.39, 0.29) is 17.4 Å². The normalized spacial score (nSPS) is 22.7. The largest absolute Gasteiger partial charge is 0.503 e. The maximum Gasteiger partial charge on any atom is 0.290 e. The molecule has 6 heteroatoms. The predicted octanol–water partition coefficient (Wildman–Crippen LogP) is 3.35. The summed E-state index contributed by atoms with van der Waals surface area (Å²) < 4.78 is 10.9. The van der Waals surface area contributed by atoms with Crippen molar-refractivity contribution in [1.82, 2.24) is 4.90 Å². The van der Waals surface area contributed by atoms with Crippen molar-refractivity contribution in [1.29, 1.82) is 0 Å². The molecular formula is C21H21NO5. The lowest BCUT2D eigenvalue weighted by Crippen LogP contribution is -2.37. The molecule has 2 aliphatic rings. The van der Waals surface area contributed by atoms with E-state index in [1.807, 2.05) is 31.2 Å². The highest BCUT2D eigenvalue weighted by molar-refractivity contribution is 6.15. The smallest absolute Gasteiger partial charge is 0.290 e. The van der Waals surface area contributed by atoms with Crippen molar-refractivity contribution in [2.45, 2.75) is 31.9 Å². The molecule has 1 amide bonds. The van der Waals surface area contributed by atoms with E-state index in [1.165, 1.54) is 17.2 Å². The fraction of sp³-hybridized carbons (Fsp3) is 0.333. The first-order chi connectivity index (χ1) is 13.1. The number of ketones is 1. The van der Waals surface area contributed by atoms with Crippen LogP contribution in [0.1, 0.15) is 40.6 Å². The van der Waals surface area contributed by atoms with Crippen LogP contribution in [0.25, 0.3) is 0 Å². The van der Waals surface area contributed by atoms with Gasteiger partial charge in [-0.25, -0.2) is 0 Å². The van der Waals surface area contributed by atoms with E-state index in [4.69, 9.17) is 9.15 Å². The topological polar surface area (TPSA) is 80.0 Å². The van der Waals surface area contributed by atoms with Gasteiger partial charge in [-0.2, -0.15) is 0 Å². The molecule has 1 N–H and O–H groups in total. The molecule has 140 valence electrons. The van der Waals surface area contributed by atoms with Gasteiger partial charge in [-0.1, -0.05) is 29.8 Å².